The van der Waals surface area contributed by atoms with E-state index in [4.69, 9.17) is 0 Å². The molecule has 4 rings (SSSR count). The number of thiophene rings is 2. The van der Waals surface area contributed by atoms with E-state index < -0.39 is 0 Å². The Labute approximate surface area is 135 Å². The van der Waals surface area contributed by atoms with Crippen molar-refractivity contribution in [3.8, 4) is 0 Å². The van der Waals surface area contributed by atoms with Gasteiger partial charge in [0, 0.05) is 9.75 Å². The first kappa shape index (κ1) is 13.8. The maximum atomic E-state index is 12.9. The fourth-order valence-electron chi connectivity index (χ4n) is 2.91. The molecule has 6 heteroatoms. The number of hydrogen-bond donors (Lipinski definition) is 0. The van der Waals surface area contributed by atoms with Crippen molar-refractivity contribution in [2.24, 2.45) is 5.10 Å². The summed E-state index contributed by atoms with van der Waals surface area (Å²) in [6.07, 6.45) is 6.16. The van der Waals surface area contributed by atoms with Crippen molar-refractivity contribution in [1.82, 2.24) is 9.66 Å². The van der Waals surface area contributed by atoms with Crippen molar-refractivity contribution in [1.29, 1.82) is 0 Å². The predicted octanol–water partition coefficient (Wildman–Crippen LogP) is 3.59. The lowest BCUT2D eigenvalue weighted by Crippen LogP contribution is -2.21. The first-order chi connectivity index (χ1) is 10.7. The molecule has 3 heterocycles. The molecule has 0 fully saturated rings. The van der Waals surface area contributed by atoms with Gasteiger partial charge in [-0.15, -0.1) is 22.7 Å². The summed E-state index contributed by atoms with van der Waals surface area (Å²) in [5.74, 6) is 0.643. The average Bonchev–Trinajstić information content (AvgIpc) is 3.13. The predicted molar refractivity (Wildman–Crippen MR) is 92.6 cm³/mol. The van der Waals surface area contributed by atoms with E-state index in [2.05, 4.69) is 10.1 Å². The molecule has 0 spiro atoms. The number of fused-ring (bicyclic) bond motifs is 3. The van der Waals surface area contributed by atoms with Crippen LogP contribution in [0, 0.1) is 6.92 Å². The van der Waals surface area contributed by atoms with E-state index in [1.54, 1.807) is 28.9 Å². The highest BCUT2D eigenvalue weighted by molar-refractivity contribution is 7.18. The lowest BCUT2D eigenvalue weighted by atomic mass is 9.97. The van der Waals surface area contributed by atoms with Crippen LogP contribution in [0.25, 0.3) is 10.2 Å². The summed E-state index contributed by atoms with van der Waals surface area (Å²) in [5.41, 5.74) is 1.18. The Hall–Kier alpha value is -1.79. The number of rotatable bonds is 2. The molecule has 0 N–H and O–H groups in total. The van der Waals surface area contributed by atoms with Crippen molar-refractivity contribution in [2.45, 2.75) is 32.6 Å². The monoisotopic (exact) mass is 329 g/mol. The molecular weight excluding hydrogens is 314 g/mol. The van der Waals surface area contributed by atoms with Crippen LogP contribution in [0.2, 0.25) is 0 Å². The maximum Gasteiger partial charge on any atom is 0.283 e. The fourth-order valence-corrected chi connectivity index (χ4v) is 4.79. The minimum absolute atomic E-state index is 0.0327. The number of hydrogen-bond acceptors (Lipinski definition) is 5. The molecule has 112 valence electrons. The van der Waals surface area contributed by atoms with Gasteiger partial charge in [-0.2, -0.15) is 9.78 Å². The third-order valence-corrected chi connectivity index (χ3v) is 5.97. The van der Waals surface area contributed by atoms with E-state index in [9.17, 15) is 4.79 Å². The maximum absolute atomic E-state index is 12.9. The zero-order chi connectivity index (χ0) is 15.1. The summed E-state index contributed by atoms with van der Waals surface area (Å²) in [6.45, 7) is 1.84. The van der Waals surface area contributed by atoms with Crippen LogP contribution in [0.1, 0.15) is 34.0 Å². The average molecular weight is 329 g/mol. The highest BCUT2D eigenvalue weighted by Crippen LogP contribution is 2.33. The van der Waals surface area contributed by atoms with Crippen LogP contribution < -0.4 is 5.56 Å². The zero-order valence-electron chi connectivity index (χ0n) is 12.2. The van der Waals surface area contributed by atoms with Gasteiger partial charge in [-0.1, -0.05) is 6.07 Å². The number of aryl methyl sites for hydroxylation is 3. The molecule has 0 aliphatic heterocycles. The van der Waals surface area contributed by atoms with Gasteiger partial charge < -0.3 is 0 Å². The van der Waals surface area contributed by atoms with Crippen LogP contribution in [-0.4, -0.2) is 15.9 Å². The van der Waals surface area contributed by atoms with E-state index in [1.807, 2.05) is 24.4 Å². The molecule has 4 nitrogen and oxygen atoms in total. The van der Waals surface area contributed by atoms with Crippen molar-refractivity contribution in [2.75, 3.05) is 0 Å². The van der Waals surface area contributed by atoms with Crippen LogP contribution >= 0.6 is 22.7 Å². The summed E-state index contributed by atoms with van der Waals surface area (Å²) in [5, 5.41) is 7.14. The van der Waals surface area contributed by atoms with Gasteiger partial charge in [0.25, 0.3) is 5.56 Å². The Morgan fingerprint density at radius 3 is 3.05 bits per heavy atom. The van der Waals surface area contributed by atoms with Gasteiger partial charge >= 0.3 is 0 Å². The Balaban J connectivity index is 1.90. The van der Waals surface area contributed by atoms with Crippen LogP contribution in [-0.2, 0) is 12.8 Å². The molecule has 3 aromatic heterocycles. The summed E-state index contributed by atoms with van der Waals surface area (Å²) in [7, 11) is 0. The molecule has 3 aromatic rings. The van der Waals surface area contributed by atoms with Crippen molar-refractivity contribution >= 4 is 39.1 Å². The minimum Gasteiger partial charge on any atom is -0.267 e. The molecule has 0 aromatic carbocycles. The highest BCUT2D eigenvalue weighted by Gasteiger charge is 2.20. The molecule has 1 aliphatic carbocycles. The summed E-state index contributed by atoms with van der Waals surface area (Å²) in [6, 6.07) is 3.95. The zero-order valence-corrected chi connectivity index (χ0v) is 13.8. The fraction of sp³-hybridized carbons (Fsp3) is 0.312. The molecule has 0 bridgehead atoms. The molecule has 0 saturated heterocycles. The lowest BCUT2D eigenvalue weighted by molar-refractivity contribution is 0.698. The second kappa shape index (κ2) is 5.44. The SMILES string of the molecule is Cc1nc2sc3c(c2c(=O)n1/N=C/c1cccs1)CCCC3. The smallest absolute Gasteiger partial charge is 0.267 e. The molecule has 0 saturated carbocycles. The number of aromatic nitrogens is 2. The molecule has 0 amide bonds. The summed E-state index contributed by atoms with van der Waals surface area (Å²) in [4.78, 5) is 20.7. The lowest BCUT2D eigenvalue weighted by Gasteiger charge is -2.10. The Bertz CT molecular complexity index is 919. The van der Waals surface area contributed by atoms with E-state index >= 15 is 0 Å². The first-order valence-corrected chi connectivity index (χ1v) is 9.05. The Kier molecular flexibility index (Phi) is 3.43. The molecule has 0 unspecified atom stereocenters. The van der Waals surface area contributed by atoms with E-state index in [0.717, 1.165) is 34.4 Å². The molecule has 0 radical (unpaired) electrons. The minimum atomic E-state index is -0.0327. The second-order valence-electron chi connectivity index (χ2n) is 5.43. The van der Waals surface area contributed by atoms with Gasteiger partial charge in [0.15, 0.2) is 0 Å². The van der Waals surface area contributed by atoms with Crippen molar-refractivity contribution < 1.29 is 0 Å². The van der Waals surface area contributed by atoms with Gasteiger partial charge in [0.2, 0.25) is 0 Å². The van der Waals surface area contributed by atoms with Crippen LogP contribution in [0.5, 0.6) is 0 Å². The third-order valence-electron chi connectivity index (χ3n) is 3.97. The van der Waals surface area contributed by atoms with Crippen molar-refractivity contribution in [3.05, 3.63) is 49.0 Å². The van der Waals surface area contributed by atoms with Crippen molar-refractivity contribution in [3.63, 3.8) is 0 Å². The third kappa shape index (κ3) is 2.23. The quantitative estimate of drug-likeness (QED) is 0.675. The first-order valence-electron chi connectivity index (χ1n) is 7.36. The normalized spacial score (nSPS) is 14.8. The second-order valence-corrected chi connectivity index (χ2v) is 7.49. The highest BCUT2D eigenvalue weighted by atomic mass is 32.1. The summed E-state index contributed by atoms with van der Waals surface area (Å²) < 4.78 is 1.43. The molecule has 0 atom stereocenters. The molecule has 1 aliphatic rings. The van der Waals surface area contributed by atoms with Gasteiger partial charge in [-0.05, 0) is 49.6 Å². The molecular formula is C16H15N3OS2. The van der Waals surface area contributed by atoms with Gasteiger partial charge in [-0.25, -0.2) is 4.98 Å². The van der Waals surface area contributed by atoms with Gasteiger partial charge in [0.1, 0.15) is 10.7 Å². The standard InChI is InChI=1S/C16H15N3OS2/c1-10-18-15-14(12-6-2-3-7-13(12)22-15)16(20)19(10)17-9-11-5-4-8-21-11/h4-5,8-9H,2-3,6-7H2,1H3/b17-9+. The van der Waals surface area contributed by atoms with E-state index in [0.29, 0.717) is 5.82 Å². The van der Waals surface area contributed by atoms with Gasteiger partial charge in [0.05, 0.1) is 11.6 Å². The van der Waals surface area contributed by atoms with Crippen LogP contribution in [0.3, 0.4) is 0 Å². The van der Waals surface area contributed by atoms with E-state index in [-0.39, 0.29) is 5.56 Å². The summed E-state index contributed by atoms with van der Waals surface area (Å²) >= 11 is 3.28. The van der Waals surface area contributed by atoms with E-state index in [1.165, 1.54) is 21.5 Å². The number of nitrogens with zero attached hydrogens (tertiary/aromatic N) is 3. The van der Waals surface area contributed by atoms with Crippen LogP contribution in [0.15, 0.2) is 27.4 Å². The van der Waals surface area contributed by atoms with Crippen LogP contribution in [0.4, 0.5) is 0 Å². The Morgan fingerprint density at radius 1 is 1.36 bits per heavy atom. The molecule has 22 heavy (non-hydrogen) atoms. The topological polar surface area (TPSA) is 47.2 Å². The Morgan fingerprint density at radius 2 is 2.23 bits per heavy atom. The largest absolute Gasteiger partial charge is 0.283 e. The van der Waals surface area contributed by atoms with Gasteiger partial charge in [-0.3, -0.25) is 4.79 Å².